The summed E-state index contributed by atoms with van der Waals surface area (Å²) in [6.45, 7) is 0.688. The van der Waals surface area contributed by atoms with Crippen LogP contribution in [-0.2, 0) is 29.1 Å². The number of anilines is 1. The smallest absolute Gasteiger partial charge is 0.329 e. The van der Waals surface area contributed by atoms with Gasteiger partial charge in [0, 0.05) is 24.6 Å². The molecule has 5 rings (SSSR count). The summed E-state index contributed by atoms with van der Waals surface area (Å²) < 4.78 is 36.3. The molecule has 4 aromatic rings. The second-order valence-electron chi connectivity index (χ2n) is 7.99. The lowest BCUT2D eigenvalue weighted by Gasteiger charge is -2.35. The topological polar surface area (TPSA) is 74.0 Å². The van der Waals surface area contributed by atoms with Gasteiger partial charge in [0.15, 0.2) is 17.1 Å². The van der Waals surface area contributed by atoms with Gasteiger partial charge in [-0.15, -0.1) is 0 Å². The number of hydrogen-bond acceptors (Lipinski definition) is 7. The van der Waals surface area contributed by atoms with E-state index in [9.17, 15) is 9.18 Å². The maximum absolute atomic E-state index is 13.7. The molecule has 0 N–H and O–H groups in total. The first-order chi connectivity index (χ1) is 16.6. The number of benzene rings is 3. The highest BCUT2D eigenvalue weighted by Gasteiger charge is 2.37. The quantitative estimate of drug-likeness (QED) is 0.386. The minimum absolute atomic E-state index is 0.226. The second kappa shape index (κ2) is 9.05. The predicted octanol–water partition coefficient (Wildman–Crippen LogP) is 4.66. The fourth-order valence-corrected chi connectivity index (χ4v) is 4.22. The van der Waals surface area contributed by atoms with Crippen molar-refractivity contribution in [3.63, 3.8) is 0 Å². The first-order valence-corrected chi connectivity index (χ1v) is 10.8. The Bertz CT molecular complexity index is 1340. The van der Waals surface area contributed by atoms with Crippen molar-refractivity contribution < 1.29 is 27.8 Å². The zero-order valence-electron chi connectivity index (χ0n) is 18.8. The molecule has 0 saturated heterocycles. The highest BCUT2D eigenvalue weighted by molar-refractivity contribution is 5.82. The third-order valence-corrected chi connectivity index (χ3v) is 5.94. The highest BCUT2D eigenvalue weighted by Crippen LogP contribution is 2.40. The summed E-state index contributed by atoms with van der Waals surface area (Å²) in [7, 11) is 2.93. The number of nitrogens with zero attached hydrogens (tertiary/aromatic N) is 2. The minimum atomic E-state index is -0.707. The van der Waals surface area contributed by atoms with Crippen molar-refractivity contribution >= 4 is 23.1 Å². The summed E-state index contributed by atoms with van der Waals surface area (Å²) in [5, 5.41) is 0. The Morgan fingerprint density at radius 2 is 1.97 bits per heavy atom. The molecule has 1 aliphatic rings. The number of fused-ring (bicyclic) bond motifs is 2. The number of esters is 1. The number of methoxy groups -OCH3 is 2. The number of carbonyl (C=O) groups is 1. The van der Waals surface area contributed by atoms with Crippen LogP contribution in [0.25, 0.3) is 11.1 Å². The van der Waals surface area contributed by atoms with Crippen molar-refractivity contribution in [1.82, 2.24) is 4.98 Å². The SMILES string of the molecule is COC(=O)[C@@H]1Cc2c(ccc(OC)c2OCc2ccccc2)CN1c1nc2ccc(F)cc2o1. The number of ether oxygens (including phenoxy) is 3. The molecule has 1 aromatic heterocycles. The Labute approximate surface area is 195 Å². The van der Waals surface area contributed by atoms with E-state index in [1.54, 1.807) is 18.1 Å². The molecule has 174 valence electrons. The first kappa shape index (κ1) is 21.8. The van der Waals surface area contributed by atoms with Crippen LogP contribution < -0.4 is 14.4 Å². The molecule has 0 saturated carbocycles. The van der Waals surface area contributed by atoms with E-state index in [2.05, 4.69) is 4.98 Å². The van der Waals surface area contributed by atoms with Gasteiger partial charge in [0.05, 0.1) is 14.2 Å². The average Bonchev–Trinajstić information content (AvgIpc) is 3.29. The molecule has 34 heavy (non-hydrogen) atoms. The molecule has 3 aromatic carbocycles. The lowest BCUT2D eigenvalue weighted by Crippen LogP contribution is -2.46. The van der Waals surface area contributed by atoms with Crippen molar-refractivity contribution in [2.45, 2.75) is 25.6 Å². The van der Waals surface area contributed by atoms with Gasteiger partial charge in [-0.05, 0) is 29.3 Å². The van der Waals surface area contributed by atoms with Crippen LogP contribution in [0.1, 0.15) is 16.7 Å². The monoisotopic (exact) mass is 462 g/mol. The highest BCUT2D eigenvalue weighted by atomic mass is 19.1. The molecule has 0 bridgehead atoms. The molecule has 2 heterocycles. The third-order valence-electron chi connectivity index (χ3n) is 5.94. The van der Waals surface area contributed by atoms with Gasteiger partial charge < -0.3 is 23.5 Å². The summed E-state index contributed by atoms with van der Waals surface area (Å²) >= 11 is 0. The van der Waals surface area contributed by atoms with E-state index in [1.165, 1.54) is 19.2 Å². The van der Waals surface area contributed by atoms with E-state index in [1.807, 2.05) is 42.5 Å². The van der Waals surface area contributed by atoms with E-state index in [0.29, 0.717) is 42.2 Å². The number of halogens is 1. The number of carbonyl (C=O) groups excluding carboxylic acids is 1. The van der Waals surface area contributed by atoms with E-state index in [4.69, 9.17) is 18.6 Å². The van der Waals surface area contributed by atoms with Crippen molar-refractivity contribution in [2.75, 3.05) is 19.1 Å². The van der Waals surface area contributed by atoms with Gasteiger partial charge in [0.2, 0.25) is 0 Å². The van der Waals surface area contributed by atoms with E-state index in [-0.39, 0.29) is 6.01 Å². The van der Waals surface area contributed by atoms with Gasteiger partial charge in [0.25, 0.3) is 6.01 Å². The summed E-state index contributed by atoms with van der Waals surface area (Å²) in [5.41, 5.74) is 3.64. The second-order valence-corrected chi connectivity index (χ2v) is 7.99. The lowest BCUT2D eigenvalue weighted by atomic mass is 9.92. The molecule has 0 aliphatic carbocycles. The summed E-state index contributed by atoms with van der Waals surface area (Å²) in [6.07, 6.45) is 0.302. The predicted molar refractivity (Wildman–Crippen MR) is 123 cm³/mol. The zero-order valence-corrected chi connectivity index (χ0v) is 18.8. The Kier molecular flexibility index (Phi) is 5.79. The lowest BCUT2D eigenvalue weighted by molar-refractivity contribution is -0.142. The average molecular weight is 462 g/mol. The first-order valence-electron chi connectivity index (χ1n) is 10.8. The molecule has 7 nitrogen and oxygen atoms in total. The largest absolute Gasteiger partial charge is 0.493 e. The van der Waals surface area contributed by atoms with Crippen LogP contribution >= 0.6 is 0 Å². The number of hydrogen-bond donors (Lipinski definition) is 0. The van der Waals surface area contributed by atoms with Crippen molar-refractivity contribution in [1.29, 1.82) is 0 Å². The van der Waals surface area contributed by atoms with Gasteiger partial charge in [0.1, 0.15) is 24.0 Å². The minimum Gasteiger partial charge on any atom is -0.493 e. The molecule has 0 fully saturated rings. The molecule has 0 unspecified atom stereocenters. The molecule has 8 heteroatoms. The van der Waals surface area contributed by atoms with Crippen molar-refractivity contribution in [2.24, 2.45) is 0 Å². The molecular formula is C26H23FN2O5. The standard InChI is InChI=1S/C26H23FN2O5/c1-31-22-11-8-17-14-29(26-28-20-10-9-18(27)12-23(20)34-26)21(25(30)32-2)13-19(17)24(22)33-15-16-6-4-3-5-7-16/h3-12,21H,13-15H2,1-2H3/t21-/m0/s1. The summed E-state index contributed by atoms with van der Waals surface area (Å²) in [4.78, 5) is 19.0. The normalized spacial score (nSPS) is 15.1. The van der Waals surface area contributed by atoms with E-state index >= 15 is 0 Å². The van der Waals surface area contributed by atoms with Crippen LogP contribution in [0.4, 0.5) is 10.4 Å². The van der Waals surface area contributed by atoms with Crippen LogP contribution in [0.3, 0.4) is 0 Å². The molecule has 0 radical (unpaired) electrons. The maximum Gasteiger partial charge on any atom is 0.329 e. The number of aromatic nitrogens is 1. The van der Waals surface area contributed by atoms with Crippen LogP contribution in [0.2, 0.25) is 0 Å². The summed E-state index contributed by atoms with van der Waals surface area (Å²) in [5.74, 6) is 0.327. The number of oxazole rings is 1. The zero-order chi connectivity index (χ0) is 23.7. The van der Waals surface area contributed by atoms with E-state index in [0.717, 1.165) is 16.7 Å². The van der Waals surface area contributed by atoms with Gasteiger partial charge in [-0.3, -0.25) is 0 Å². The molecular weight excluding hydrogens is 439 g/mol. The fraction of sp³-hybridized carbons (Fsp3) is 0.231. The van der Waals surface area contributed by atoms with Crippen LogP contribution in [-0.4, -0.2) is 31.2 Å². The maximum atomic E-state index is 13.7. The van der Waals surface area contributed by atoms with Crippen LogP contribution in [0, 0.1) is 5.82 Å². The molecule has 0 amide bonds. The van der Waals surface area contributed by atoms with Crippen molar-refractivity contribution in [3.8, 4) is 11.5 Å². The van der Waals surface area contributed by atoms with Gasteiger partial charge >= 0.3 is 5.97 Å². The third kappa shape index (κ3) is 4.03. The molecule has 0 spiro atoms. The van der Waals surface area contributed by atoms with Crippen LogP contribution in [0.15, 0.2) is 65.1 Å². The van der Waals surface area contributed by atoms with Crippen LogP contribution in [0.5, 0.6) is 11.5 Å². The Balaban J connectivity index is 1.53. The van der Waals surface area contributed by atoms with Gasteiger partial charge in [-0.2, -0.15) is 4.98 Å². The van der Waals surface area contributed by atoms with Crippen molar-refractivity contribution in [3.05, 3.63) is 83.2 Å². The van der Waals surface area contributed by atoms with E-state index < -0.39 is 17.8 Å². The number of rotatable bonds is 6. The molecule has 1 atom stereocenters. The molecule has 1 aliphatic heterocycles. The Morgan fingerprint density at radius 3 is 2.74 bits per heavy atom. The fourth-order valence-electron chi connectivity index (χ4n) is 4.22. The van der Waals surface area contributed by atoms with Gasteiger partial charge in [-0.1, -0.05) is 36.4 Å². The van der Waals surface area contributed by atoms with Gasteiger partial charge in [-0.25, -0.2) is 9.18 Å². The Hall–Kier alpha value is -4.07. The Morgan fingerprint density at radius 1 is 1.15 bits per heavy atom. The summed E-state index contributed by atoms with van der Waals surface area (Å²) in [6, 6.07) is 17.3.